The summed E-state index contributed by atoms with van der Waals surface area (Å²) in [6, 6.07) is 11.4. The molecule has 3 nitrogen and oxygen atoms in total. The van der Waals surface area contributed by atoms with E-state index in [1.54, 1.807) is 35.5 Å². The van der Waals surface area contributed by atoms with Gasteiger partial charge in [-0.3, -0.25) is 4.79 Å². The van der Waals surface area contributed by atoms with Crippen LogP contribution in [0.25, 0.3) is 0 Å². The summed E-state index contributed by atoms with van der Waals surface area (Å²) < 4.78 is 5.22. The smallest absolute Gasteiger partial charge is 0.257 e. The summed E-state index contributed by atoms with van der Waals surface area (Å²) in [5.41, 5.74) is 0.610. The fraction of sp³-hybridized carbons (Fsp3) is 0.267. The van der Waals surface area contributed by atoms with Gasteiger partial charge >= 0.3 is 0 Å². The lowest BCUT2D eigenvalue weighted by Gasteiger charge is -2.18. The number of rotatable bonds is 5. The van der Waals surface area contributed by atoms with E-state index in [0.29, 0.717) is 17.9 Å². The van der Waals surface area contributed by atoms with Crippen LogP contribution in [0.15, 0.2) is 41.8 Å². The normalized spacial score (nSPS) is 10.2. The van der Waals surface area contributed by atoms with Crippen molar-refractivity contribution in [3.63, 3.8) is 0 Å². The Morgan fingerprint density at radius 1 is 1.26 bits per heavy atom. The number of amides is 1. The van der Waals surface area contributed by atoms with Crippen molar-refractivity contribution in [3.8, 4) is 5.75 Å². The molecular formula is C15H17NO2S. The van der Waals surface area contributed by atoms with Crippen LogP contribution in [0.2, 0.25) is 0 Å². The summed E-state index contributed by atoms with van der Waals surface area (Å²) in [6.45, 7) is 0.706. The molecule has 2 aromatic rings. The van der Waals surface area contributed by atoms with Crippen LogP contribution in [0, 0.1) is 0 Å². The summed E-state index contributed by atoms with van der Waals surface area (Å²) in [7, 11) is 3.40. The number of hydrogen-bond acceptors (Lipinski definition) is 3. The number of ether oxygens (including phenoxy) is 1. The molecule has 0 radical (unpaired) electrons. The average molecular weight is 275 g/mol. The minimum Gasteiger partial charge on any atom is -0.496 e. The van der Waals surface area contributed by atoms with Gasteiger partial charge in [0.15, 0.2) is 0 Å². The van der Waals surface area contributed by atoms with Crippen molar-refractivity contribution in [2.24, 2.45) is 0 Å². The third-order valence-corrected chi connectivity index (χ3v) is 3.89. The average Bonchev–Trinajstić information content (AvgIpc) is 2.97. The summed E-state index contributed by atoms with van der Waals surface area (Å²) in [4.78, 5) is 15.4. The predicted octanol–water partition coefficient (Wildman–Crippen LogP) is 3.07. The Balaban J connectivity index is 2.02. The molecule has 0 aliphatic heterocycles. The first kappa shape index (κ1) is 13.6. The molecule has 100 valence electrons. The molecule has 1 heterocycles. The summed E-state index contributed by atoms with van der Waals surface area (Å²) in [5.74, 6) is 0.615. The number of likely N-dealkylation sites (N-methyl/N-ethyl adjacent to an activating group) is 1. The third kappa shape index (κ3) is 3.35. The summed E-state index contributed by atoms with van der Waals surface area (Å²) >= 11 is 1.72. The summed E-state index contributed by atoms with van der Waals surface area (Å²) in [5, 5.41) is 2.05. The molecule has 0 fully saturated rings. The van der Waals surface area contributed by atoms with Crippen LogP contribution in [0.4, 0.5) is 0 Å². The lowest BCUT2D eigenvalue weighted by Crippen LogP contribution is -2.29. The molecule has 0 spiro atoms. The van der Waals surface area contributed by atoms with E-state index in [1.807, 2.05) is 25.2 Å². The van der Waals surface area contributed by atoms with Crippen molar-refractivity contribution >= 4 is 17.2 Å². The van der Waals surface area contributed by atoms with Crippen molar-refractivity contribution in [2.45, 2.75) is 6.42 Å². The van der Waals surface area contributed by atoms with Gasteiger partial charge < -0.3 is 9.64 Å². The van der Waals surface area contributed by atoms with Gasteiger partial charge in [-0.25, -0.2) is 0 Å². The molecule has 4 heteroatoms. The van der Waals surface area contributed by atoms with Crippen molar-refractivity contribution in [1.29, 1.82) is 0 Å². The van der Waals surface area contributed by atoms with Crippen molar-refractivity contribution in [3.05, 3.63) is 52.2 Å². The Morgan fingerprint density at radius 3 is 2.74 bits per heavy atom. The summed E-state index contributed by atoms with van der Waals surface area (Å²) in [6.07, 6.45) is 0.884. The van der Waals surface area contributed by atoms with Crippen LogP contribution in [-0.4, -0.2) is 31.5 Å². The van der Waals surface area contributed by atoms with E-state index in [0.717, 1.165) is 6.42 Å². The number of para-hydroxylation sites is 1. The van der Waals surface area contributed by atoms with Gasteiger partial charge in [0.05, 0.1) is 12.7 Å². The maximum absolute atomic E-state index is 12.3. The van der Waals surface area contributed by atoms with Gasteiger partial charge in [0.25, 0.3) is 5.91 Å². The standard InChI is InChI=1S/C15H17NO2S/c1-16(10-9-12-6-5-11-19-12)15(17)13-7-3-4-8-14(13)18-2/h3-8,11H,9-10H2,1-2H3. The number of carbonyl (C=O) groups is 1. The van der Waals surface area contributed by atoms with E-state index in [9.17, 15) is 4.79 Å². The number of benzene rings is 1. The second-order valence-electron chi connectivity index (χ2n) is 4.26. The largest absolute Gasteiger partial charge is 0.496 e. The minimum absolute atomic E-state index is 0.00555. The van der Waals surface area contributed by atoms with E-state index >= 15 is 0 Å². The van der Waals surface area contributed by atoms with Crippen LogP contribution in [0.3, 0.4) is 0 Å². The van der Waals surface area contributed by atoms with E-state index in [2.05, 4.69) is 11.4 Å². The molecule has 1 aromatic carbocycles. The van der Waals surface area contributed by atoms with E-state index in [1.165, 1.54) is 4.88 Å². The first-order chi connectivity index (χ1) is 9.22. The van der Waals surface area contributed by atoms with Gasteiger partial charge in [-0.05, 0) is 30.0 Å². The molecule has 0 atom stereocenters. The van der Waals surface area contributed by atoms with Crippen molar-refractivity contribution < 1.29 is 9.53 Å². The Labute approximate surface area is 117 Å². The molecule has 19 heavy (non-hydrogen) atoms. The van der Waals surface area contributed by atoms with Crippen LogP contribution in [-0.2, 0) is 6.42 Å². The van der Waals surface area contributed by atoms with Crippen LogP contribution in [0.1, 0.15) is 15.2 Å². The first-order valence-electron chi connectivity index (χ1n) is 6.13. The minimum atomic E-state index is -0.00555. The highest BCUT2D eigenvalue weighted by Crippen LogP contribution is 2.19. The Kier molecular flexibility index (Phi) is 4.58. The molecule has 0 N–H and O–H groups in total. The predicted molar refractivity (Wildman–Crippen MR) is 78.0 cm³/mol. The fourth-order valence-electron chi connectivity index (χ4n) is 1.86. The van der Waals surface area contributed by atoms with Gasteiger partial charge in [0.1, 0.15) is 5.75 Å². The van der Waals surface area contributed by atoms with Gasteiger partial charge in [0.2, 0.25) is 0 Å². The second-order valence-corrected chi connectivity index (χ2v) is 5.29. The van der Waals surface area contributed by atoms with E-state index < -0.39 is 0 Å². The maximum atomic E-state index is 12.3. The Bertz CT molecular complexity index is 537. The van der Waals surface area contributed by atoms with Crippen LogP contribution >= 0.6 is 11.3 Å². The SMILES string of the molecule is COc1ccccc1C(=O)N(C)CCc1cccs1. The molecule has 2 rings (SSSR count). The highest BCUT2D eigenvalue weighted by molar-refractivity contribution is 7.09. The van der Waals surface area contributed by atoms with Gasteiger partial charge in [0, 0.05) is 18.5 Å². The van der Waals surface area contributed by atoms with Crippen LogP contribution in [0.5, 0.6) is 5.75 Å². The molecule has 1 aromatic heterocycles. The van der Waals surface area contributed by atoms with Gasteiger partial charge in [-0.1, -0.05) is 18.2 Å². The van der Waals surface area contributed by atoms with Crippen molar-refractivity contribution in [2.75, 3.05) is 20.7 Å². The molecule has 1 amide bonds. The van der Waals surface area contributed by atoms with Crippen LogP contribution < -0.4 is 4.74 Å². The third-order valence-electron chi connectivity index (χ3n) is 2.96. The first-order valence-corrected chi connectivity index (χ1v) is 7.01. The molecule has 0 unspecified atom stereocenters. The zero-order chi connectivity index (χ0) is 13.7. The lowest BCUT2D eigenvalue weighted by molar-refractivity contribution is 0.0793. The number of nitrogens with zero attached hydrogens (tertiary/aromatic N) is 1. The molecule has 0 saturated carbocycles. The van der Waals surface area contributed by atoms with Gasteiger partial charge in [-0.15, -0.1) is 11.3 Å². The van der Waals surface area contributed by atoms with Crippen molar-refractivity contribution in [1.82, 2.24) is 4.90 Å². The molecular weight excluding hydrogens is 258 g/mol. The zero-order valence-corrected chi connectivity index (χ0v) is 11.9. The van der Waals surface area contributed by atoms with Gasteiger partial charge in [-0.2, -0.15) is 0 Å². The molecule has 0 aliphatic rings. The number of methoxy groups -OCH3 is 1. The molecule has 0 saturated heterocycles. The quantitative estimate of drug-likeness (QED) is 0.839. The maximum Gasteiger partial charge on any atom is 0.257 e. The zero-order valence-electron chi connectivity index (χ0n) is 11.1. The monoisotopic (exact) mass is 275 g/mol. The van der Waals surface area contributed by atoms with E-state index in [4.69, 9.17) is 4.74 Å². The fourth-order valence-corrected chi connectivity index (χ4v) is 2.56. The Hall–Kier alpha value is -1.81. The molecule has 0 aliphatic carbocycles. The molecule has 0 bridgehead atoms. The number of hydrogen-bond donors (Lipinski definition) is 0. The Morgan fingerprint density at radius 2 is 2.05 bits per heavy atom. The topological polar surface area (TPSA) is 29.5 Å². The highest BCUT2D eigenvalue weighted by Gasteiger charge is 2.15. The number of thiophene rings is 1. The second kappa shape index (κ2) is 6.38. The lowest BCUT2D eigenvalue weighted by atomic mass is 10.1. The number of carbonyl (C=O) groups excluding carboxylic acids is 1. The highest BCUT2D eigenvalue weighted by atomic mass is 32.1. The van der Waals surface area contributed by atoms with E-state index in [-0.39, 0.29) is 5.91 Å².